The smallest absolute Gasteiger partial charge is 0.350 e. The molecule has 7 heteroatoms. The average molecular weight is 416 g/mol. The number of aromatic nitrogens is 2. The third-order valence-corrected chi connectivity index (χ3v) is 4.90. The van der Waals surface area contributed by atoms with Gasteiger partial charge >= 0.3 is 5.69 Å². The number of rotatable bonds is 6. The summed E-state index contributed by atoms with van der Waals surface area (Å²) in [6.45, 7) is 2.20. The van der Waals surface area contributed by atoms with Crippen molar-refractivity contribution in [3.63, 3.8) is 0 Å². The van der Waals surface area contributed by atoms with Gasteiger partial charge in [-0.2, -0.15) is 4.98 Å². The van der Waals surface area contributed by atoms with Gasteiger partial charge in [0.25, 0.3) is 0 Å². The van der Waals surface area contributed by atoms with E-state index < -0.39 is 5.69 Å². The van der Waals surface area contributed by atoms with Crippen LogP contribution in [0.5, 0.6) is 0 Å². The van der Waals surface area contributed by atoms with Gasteiger partial charge in [0.15, 0.2) is 0 Å². The lowest BCUT2D eigenvalue weighted by Gasteiger charge is -2.14. The molecule has 0 saturated carbocycles. The molecule has 0 saturated heterocycles. The lowest BCUT2D eigenvalue weighted by molar-refractivity contribution is -0.116. The van der Waals surface area contributed by atoms with Crippen LogP contribution in [0.15, 0.2) is 77.6 Å². The van der Waals surface area contributed by atoms with E-state index in [4.69, 9.17) is 0 Å². The Bertz CT molecular complexity index is 1280. The number of hydrogen-bond donors (Lipinski definition) is 2. The van der Waals surface area contributed by atoms with Gasteiger partial charge in [-0.25, -0.2) is 9.18 Å². The number of para-hydroxylation sites is 1. The van der Waals surface area contributed by atoms with Crippen LogP contribution < -0.4 is 16.3 Å². The quantitative estimate of drug-likeness (QED) is 0.496. The molecular formula is C24H21FN4O2. The number of halogens is 1. The first-order chi connectivity index (χ1) is 15.0. The number of nitrogens with one attached hydrogen (secondary N) is 2. The highest BCUT2D eigenvalue weighted by Gasteiger charge is 2.13. The lowest BCUT2D eigenvalue weighted by atomic mass is 10.2. The topological polar surface area (TPSA) is 76.0 Å². The molecule has 6 nitrogen and oxygen atoms in total. The fourth-order valence-corrected chi connectivity index (χ4v) is 3.29. The number of nitrogens with zero attached hydrogens (tertiary/aromatic N) is 2. The van der Waals surface area contributed by atoms with Gasteiger partial charge in [0, 0.05) is 17.6 Å². The Labute approximate surface area is 178 Å². The minimum Gasteiger partial charge on any atom is -0.365 e. The van der Waals surface area contributed by atoms with Crippen LogP contribution in [0.1, 0.15) is 11.1 Å². The van der Waals surface area contributed by atoms with Crippen molar-refractivity contribution in [3.05, 3.63) is 100 Å². The van der Waals surface area contributed by atoms with E-state index in [0.717, 1.165) is 11.1 Å². The number of aryl methyl sites for hydroxylation is 1. The van der Waals surface area contributed by atoms with Gasteiger partial charge in [0.05, 0.1) is 5.52 Å². The van der Waals surface area contributed by atoms with Gasteiger partial charge in [-0.05, 0) is 48.9 Å². The summed E-state index contributed by atoms with van der Waals surface area (Å²) in [7, 11) is 0. The summed E-state index contributed by atoms with van der Waals surface area (Å²) in [5, 5.41) is 6.66. The SMILES string of the molecule is Cc1ccc(NC(=O)Cn2c(=O)nc(NCc3ccc(F)cc3)c3ccccc32)cc1. The minimum absolute atomic E-state index is 0.154. The van der Waals surface area contributed by atoms with Crippen LogP contribution >= 0.6 is 0 Å². The monoisotopic (exact) mass is 416 g/mol. The molecule has 0 atom stereocenters. The first-order valence-corrected chi connectivity index (χ1v) is 9.84. The van der Waals surface area contributed by atoms with Gasteiger partial charge in [-0.1, -0.05) is 42.0 Å². The molecule has 0 radical (unpaired) electrons. The van der Waals surface area contributed by atoms with Crippen LogP contribution in [-0.2, 0) is 17.9 Å². The summed E-state index contributed by atoms with van der Waals surface area (Å²) in [5.41, 5.74) is 2.68. The van der Waals surface area contributed by atoms with E-state index in [9.17, 15) is 14.0 Å². The van der Waals surface area contributed by atoms with E-state index >= 15 is 0 Å². The number of fused-ring (bicyclic) bond motifs is 1. The molecular weight excluding hydrogens is 395 g/mol. The predicted octanol–water partition coefficient (Wildman–Crippen LogP) is 4.09. The number of hydrogen-bond acceptors (Lipinski definition) is 4. The molecule has 1 aromatic heterocycles. The van der Waals surface area contributed by atoms with Crippen LogP contribution in [0.3, 0.4) is 0 Å². The van der Waals surface area contributed by atoms with E-state index in [1.54, 1.807) is 24.3 Å². The van der Waals surface area contributed by atoms with Crippen molar-refractivity contribution in [2.45, 2.75) is 20.0 Å². The van der Waals surface area contributed by atoms with Crippen LogP contribution in [0.4, 0.5) is 15.9 Å². The van der Waals surface area contributed by atoms with Crippen molar-refractivity contribution < 1.29 is 9.18 Å². The molecule has 0 aliphatic rings. The van der Waals surface area contributed by atoms with Crippen molar-refractivity contribution >= 4 is 28.3 Å². The molecule has 1 heterocycles. The molecule has 2 N–H and O–H groups in total. The highest BCUT2D eigenvalue weighted by atomic mass is 19.1. The second-order valence-electron chi connectivity index (χ2n) is 7.24. The van der Waals surface area contributed by atoms with E-state index in [1.807, 2.05) is 43.3 Å². The maximum atomic E-state index is 13.1. The highest BCUT2D eigenvalue weighted by molar-refractivity contribution is 5.93. The Morgan fingerprint density at radius 1 is 1.00 bits per heavy atom. The average Bonchev–Trinajstić information content (AvgIpc) is 2.77. The van der Waals surface area contributed by atoms with Crippen LogP contribution in [0, 0.1) is 12.7 Å². The van der Waals surface area contributed by atoms with Gasteiger partial charge in [-0.3, -0.25) is 9.36 Å². The predicted molar refractivity (Wildman–Crippen MR) is 120 cm³/mol. The van der Waals surface area contributed by atoms with E-state index in [0.29, 0.717) is 29.0 Å². The Balaban J connectivity index is 1.58. The molecule has 1 amide bonds. The number of carbonyl (C=O) groups excluding carboxylic acids is 1. The zero-order valence-corrected chi connectivity index (χ0v) is 16.9. The second kappa shape index (κ2) is 8.79. The maximum absolute atomic E-state index is 13.1. The summed E-state index contributed by atoms with van der Waals surface area (Å²) in [6, 6.07) is 20.8. The number of amides is 1. The standard InChI is InChI=1S/C24H21FN4O2/c1-16-6-12-19(13-7-16)27-22(30)15-29-21-5-3-2-4-20(21)23(28-24(29)31)26-14-17-8-10-18(25)11-9-17/h2-13H,14-15H2,1H3,(H,27,30)(H,26,28,31). The van der Waals surface area contributed by atoms with Crippen LogP contribution in [0.25, 0.3) is 10.9 Å². The van der Waals surface area contributed by atoms with Crippen LogP contribution in [0.2, 0.25) is 0 Å². The van der Waals surface area contributed by atoms with Crippen molar-refractivity contribution in [2.75, 3.05) is 10.6 Å². The Hall–Kier alpha value is -4.00. The zero-order valence-electron chi connectivity index (χ0n) is 16.9. The van der Waals surface area contributed by atoms with Gasteiger partial charge < -0.3 is 10.6 Å². The highest BCUT2D eigenvalue weighted by Crippen LogP contribution is 2.20. The fraction of sp³-hybridized carbons (Fsp3) is 0.125. The molecule has 0 fully saturated rings. The summed E-state index contributed by atoms with van der Waals surface area (Å²) in [5.74, 6) is -0.205. The van der Waals surface area contributed by atoms with Crippen molar-refractivity contribution in [2.24, 2.45) is 0 Å². The summed E-state index contributed by atoms with van der Waals surface area (Å²) in [4.78, 5) is 29.4. The maximum Gasteiger partial charge on any atom is 0.350 e. The van der Waals surface area contributed by atoms with Crippen molar-refractivity contribution in [3.8, 4) is 0 Å². The van der Waals surface area contributed by atoms with E-state index in [1.165, 1.54) is 16.7 Å². The minimum atomic E-state index is -0.528. The van der Waals surface area contributed by atoms with Gasteiger partial charge in [-0.15, -0.1) is 0 Å². The lowest BCUT2D eigenvalue weighted by Crippen LogP contribution is -2.30. The summed E-state index contributed by atoms with van der Waals surface area (Å²) < 4.78 is 14.5. The molecule has 0 aliphatic carbocycles. The van der Waals surface area contributed by atoms with Crippen LogP contribution in [-0.4, -0.2) is 15.5 Å². The van der Waals surface area contributed by atoms with Crippen molar-refractivity contribution in [1.82, 2.24) is 9.55 Å². The molecule has 0 aliphatic heterocycles. The molecule has 4 aromatic rings. The molecule has 31 heavy (non-hydrogen) atoms. The number of carbonyl (C=O) groups is 1. The van der Waals surface area contributed by atoms with E-state index in [-0.39, 0.29) is 18.3 Å². The Kier molecular flexibility index (Phi) is 5.75. The van der Waals surface area contributed by atoms with Crippen molar-refractivity contribution in [1.29, 1.82) is 0 Å². The molecule has 0 spiro atoms. The third-order valence-electron chi connectivity index (χ3n) is 4.90. The largest absolute Gasteiger partial charge is 0.365 e. The first-order valence-electron chi connectivity index (χ1n) is 9.84. The Morgan fingerprint density at radius 3 is 2.45 bits per heavy atom. The summed E-state index contributed by atoms with van der Waals surface area (Å²) >= 11 is 0. The van der Waals surface area contributed by atoms with Gasteiger partial charge in [0.2, 0.25) is 5.91 Å². The third kappa shape index (κ3) is 4.78. The summed E-state index contributed by atoms with van der Waals surface area (Å²) in [6.07, 6.45) is 0. The fourth-order valence-electron chi connectivity index (χ4n) is 3.29. The molecule has 3 aromatic carbocycles. The number of benzene rings is 3. The second-order valence-corrected chi connectivity index (χ2v) is 7.24. The van der Waals surface area contributed by atoms with Gasteiger partial charge in [0.1, 0.15) is 18.2 Å². The first kappa shape index (κ1) is 20.3. The molecule has 4 rings (SSSR count). The zero-order chi connectivity index (χ0) is 21.8. The normalized spacial score (nSPS) is 10.8. The molecule has 0 unspecified atom stereocenters. The Morgan fingerprint density at radius 2 is 1.71 bits per heavy atom. The number of anilines is 2. The molecule has 0 bridgehead atoms. The van der Waals surface area contributed by atoms with E-state index in [2.05, 4.69) is 15.6 Å². The molecule has 156 valence electrons.